The number of phenolic OH excluding ortho intramolecular Hbond substituents is 2. The fourth-order valence-corrected chi connectivity index (χ4v) is 5.27. The number of benzene rings is 2. The van der Waals surface area contributed by atoms with Gasteiger partial charge in [0.25, 0.3) is 0 Å². The molecule has 22 heteroatoms. The molecule has 0 aliphatic heterocycles. The number of aromatic hydroxyl groups is 2. The van der Waals surface area contributed by atoms with Crippen LogP contribution in [0.4, 0.5) is 0 Å². The molecule has 2 aromatic carbocycles. The molecular formula is C36H49N9O13. The summed E-state index contributed by atoms with van der Waals surface area (Å²) in [5, 5.41) is 50.2. The molecule has 0 heterocycles. The standard InChI is InChI=1S/C36H49N9O13/c37-22(15-18-1-5-20(47)6-2-18)31(52)41-23(9-12-28(38)49)32(53)42-24(10-13-29(39)50)33(54)44-26(16-19-3-7-21(48)8-4-19)34(55)45-27(17-46)35(56)43-25(36(57)58)11-14-30(40)51/h1-8,22-27,46-48H,9-17,37H2,(H2,38,49)(H2,39,50)(H2,40,51)(H,41,52)(H,42,53)(H,43,56)(H,44,54)(H,45,55)(H,57,58)/t22-,23-,24-,25-,26-,27-/m0/s1. The largest absolute Gasteiger partial charge is 0.508 e. The van der Waals surface area contributed by atoms with E-state index in [1.165, 1.54) is 48.5 Å². The van der Waals surface area contributed by atoms with Gasteiger partial charge in [-0.25, -0.2) is 4.79 Å². The highest BCUT2D eigenvalue weighted by atomic mass is 16.4. The number of carbonyl (C=O) groups excluding carboxylic acids is 8. The minimum atomic E-state index is -1.78. The second-order valence-electron chi connectivity index (χ2n) is 13.2. The van der Waals surface area contributed by atoms with Crippen molar-refractivity contribution < 1.29 is 63.6 Å². The van der Waals surface area contributed by atoms with Crippen LogP contribution in [0, 0.1) is 0 Å². The first-order valence-corrected chi connectivity index (χ1v) is 17.8. The highest BCUT2D eigenvalue weighted by Crippen LogP contribution is 2.14. The molecule has 0 radical (unpaired) electrons. The lowest BCUT2D eigenvalue weighted by Crippen LogP contribution is -2.60. The van der Waals surface area contributed by atoms with E-state index in [4.69, 9.17) is 22.9 Å². The fraction of sp³-hybridized carbons (Fsp3) is 0.417. The molecule has 8 amide bonds. The molecule has 17 N–H and O–H groups in total. The fourth-order valence-electron chi connectivity index (χ4n) is 5.27. The van der Waals surface area contributed by atoms with E-state index >= 15 is 0 Å². The number of aliphatic hydroxyl groups excluding tert-OH is 1. The molecule has 0 bridgehead atoms. The predicted octanol–water partition coefficient (Wildman–Crippen LogP) is -4.49. The summed E-state index contributed by atoms with van der Waals surface area (Å²) in [6.07, 6.45) is -2.77. The first kappa shape index (κ1) is 47.3. The third kappa shape index (κ3) is 16.9. The summed E-state index contributed by atoms with van der Waals surface area (Å²) in [4.78, 5) is 113. The molecule has 0 fully saturated rings. The molecule has 0 saturated carbocycles. The van der Waals surface area contributed by atoms with Gasteiger partial charge in [-0.15, -0.1) is 0 Å². The monoisotopic (exact) mass is 815 g/mol. The van der Waals surface area contributed by atoms with Crippen LogP contribution in [0.3, 0.4) is 0 Å². The summed E-state index contributed by atoms with van der Waals surface area (Å²) in [6.45, 7) is -1.05. The summed E-state index contributed by atoms with van der Waals surface area (Å²) in [5.41, 5.74) is 22.6. The van der Waals surface area contributed by atoms with E-state index in [0.717, 1.165) is 0 Å². The Morgan fingerprint density at radius 1 is 0.483 bits per heavy atom. The van der Waals surface area contributed by atoms with Crippen molar-refractivity contribution in [1.82, 2.24) is 26.6 Å². The van der Waals surface area contributed by atoms with Crippen molar-refractivity contribution in [3.8, 4) is 11.5 Å². The lowest BCUT2D eigenvalue weighted by molar-refractivity contribution is -0.143. The molecule has 2 rings (SSSR count). The van der Waals surface area contributed by atoms with Crippen molar-refractivity contribution in [3.05, 3.63) is 59.7 Å². The zero-order chi connectivity index (χ0) is 43.5. The summed E-state index contributed by atoms with van der Waals surface area (Å²) in [5.74, 6) is -9.41. The molecule has 0 spiro atoms. The first-order valence-electron chi connectivity index (χ1n) is 17.8. The molecule has 58 heavy (non-hydrogen) atoms. The number of hydrogen-bond acceptors (Lipinski definition) is 13. The quantitative estimate of drug-likeness (QED) is 0.0450. The molecule has 0 aliphatic rings. The summed E-state index contributed by atoms with van der Waals surface area (Å²) in [6, 6.07) is 1.86. The maximum atomic E-state index is 13.8. The smallest absolute Gasteiger partial charge is 0.326 e. The van der Waals surface area contributed by atoms with Crippen LogP contribution in [0.5, 0.6) is 11.5 Å². The summed E-state index contributed by atoms with van der Waals surface area (Å²) >= 11 is 0. The molecule has 6 atom stereocenters. The Labute approximate surface area is 331 Å². The number of primary amides is 3. The highest BCUT2D eigenvalue weighted by molar-refractivity contribution is 5.97. The average Bonchev–Trinajstić information content (AvgIpc) is 3.16. The Hall–Kier alpha value is -6.81. The van der Waals surface area contributed by atoms with Crippen LogP contribution >= 0.6 is 0 Å². The van der Waals surface area contributed by atoms with Crippen molar-refractivity contribution in [3.63, 3.8) is 0 Å². The Bertz CT molecular complexity index is 1790. The Morgan fingerprint density at radius 2 is 0.810 bits per heavy atom. The second kappa shape index (κ2) is 23.3. The van der Waals surface area contributed by atoms with Gasteiger partial charge in [0, 0.05) is 25.7 Å². The zero-order valence-corrected chi connectivity index (χ0v) is 31.2. The molecule has 0 aliphatic carbocycles. The molecule has 316 valence electrons. The van der Waals surface area contributed by atoms with Gasteiger partial charge >= 0.3 is 5.97 Å². The van der Waals surface area contributed by atoms with E-state index in [1.54, 1.807) is 0 Å². The molecule has 2 aromatic rings. The van der Waals surface area contributed by atoms with Crippen LogP contribution in [-0.4, -0.2) is 117 Å². The van der Waals surface area contributed by atoms with Gasteiger partial charge in [0.1, 0.15) is 41.7 Å². The van der Waals surface area contributed by atoms with Crippen LogP contribution in [0.2, 0.25) is 0 Å². The number of nitrogens with one attached hydrogen (secondary N) is 5. The Kier molecular flexibility index (Phi) is 19.0. The summed E-state index contributed by atoms with van der Waals surface area (Å²) in [7, 11) is 0. The minimum absolute atomic E-state index is 0.0152. The van der Waals surface area contributed by atoms with E-state index in [2.05, 4.69) is 26.6 Å². The van der Waals surface area contributed by atoms with Crippen molar-refractivity contribution in [2.75, 3.05) is 6.61 Å². The van der Waals surface area contributed by atoms with Gasteiger partial charge in [0.2, 0.25) is 47.3 Å². The summed E-state index contributed by atoms with van der Waals surface area (Å²) < 4.78 is 0. The van der Waals surface area contributed by atoms with Crippen molar-refractivity contribution >= 4 is 53.2 Å². The van der Waals surface area contributed by atoms with Crippen LogP contribution < -0.4 is 49.5 Å². The number of carbonyl (C=O) groups is 9. The molecule has 22 nitrogen and oxygen atoms in total. The average molecular weight is 816 g/mol. The van der Waals surface area contributed by atoms with Crippen molar-refractivity contribution in [2.24, 2.45) is 22.9 Å². The zero-order valence-electron chi connectivity index (χ0n) is 31.2. The van der Waals surface area contributed by atoms with Gasteiger partial charge in [0.15, 0.2) is 0 Å². The number of aliphatic hydroxyl groups is 1. The number of phenols is 2. The van der Waals surface area contributed by atoms with Gasteiger partial charge in [0.05, 0.1) is 12.6 Å². The van der Waals surface area contributed by atoms with Gasteiger partial charge in [-0.1, -0.05) is 24.3 Å². The van der Waals surface area contributed by atoms with Gasteiger partial charge < -0.3 is 69.9 Å². The van der Waals surface area contributed by atoms with Crippen LogP contribution in [0.1, 0.15) is 49.7 Å². The highest BCUT2D eigenvalue weighted by Gasteiger charge is 2.33. The Morgan fingerprint density at radius 3 is 1.22 bits per heavy atom. The topological polar surface area (TPSA) is 399 Å². The maximum Gasteiger partial charge on any atom is 0.326 e. The number of hydrogen-bond donors (Lipinski definition) is 13. The first-order chi connectivity index (χ1) is 27.3. The van der Waals surface area contributed by atoms with Crippen LogP contribution in [0.25, 0.3) is 0 Å². The second-order valence-corrected chi connectivity index (χ2v) is 13.2. The van der Waals surface area contributed by atoms with Crippen LogP contribution in [0.15, 0.2) is 48.5 Å². The van der Waals surface area contributed by atoms with E-state index in [9.17, 15) is 63.6 Å². The van der Waals surface area contributed by atoms with E-state index in [1.807, 2.05) is 0 Å². The Balaban J connectivity index is 2.35. The van der Waals surface area contributed by atoms with E-state index in [0.29, 0.717) is 11.1 Å². The van der Waals surface area contributed by atoms with E-state index in [-0.39, 0.29) is 30.8 Å². The third-order valence-corrected chi connectivity index (χ3v) is 8.47. The SMILES string of the molecule is NC(=O)CC[C@H](NC(=O)[C@H](CO)NC(=O)[C@H](Cc1ccc(O)cc1)NC(=O)[C@H](CCC(N)=O)NC(=O)[C@H](CCC(N)=O)NC(=O)[C@@H](N)Cc1ccc(O)cc1)C(=O)O. The van der Waals surface area contributed by atoms with Crippen molar-refractivity contribution in [2.45, 2.75) is 87.6 Å². The van der Waals surface area contributed by atoms with Gasteiger partial charge in [-0.2, -0.15) is 0 Å². The number of rotatable bonds is 25. The van der Waals surface area contributed by atoms with Gasteiger partial charge in [-0.3, -0.25) is 38.4 Å². The maximum absolute atomic E-state index is 13.8. The minimum Gasteiger partial charge on any atom is -0.508 e. The predicted molar refractivity (Wildman–Crippen MR) is 201 cm³/mol. The van der Waals surface area contributed by atoms with Crippen LogP contribution in [-0.2, 0) is 56.0 Å². The molecule has 0 unspecified atom stereocenters. The number of carboxylic acid groups (broad SMARTS) is 1. The molecular weight excluding hydrogens is 766 g/mol. The van der Waals surface area contributed by atoms with Gasteiger partial charge in [-0.05, 0) is 61.1 Å². The number of carboxylic acids is 1. The lowest BCUT2D eigenvalue weighted by atomic mass is 10.0. The lowest BCUT2D eigenvalue weighted by Gasteiger charge is -2.27. The number of aliphatic carboxylic acids is 1. The number of nitrogens with two attached hydrogens (primary N) is 4. The normalized spacial score (nSPS) is 13.9. The molecule has 0 aromatic heterocycles. The number of amides is 8. The van der Waals surface area contributed by atoms with E-state index < -0.39 is 128 Å². The third-order valence-electron chi connectivity index (χ3n) is 8.47. The molecule has 0 saturated heterocycles. The van der Waals surface area contributed by atoms with Crippen molar-refractivity contribution in [1.29, 1.82) is 0 Å².